The van der Waals surface area contributed by atoms with Crippen LogP contribution in [0.15, 0.2) is 6.20 Å². The minimum absolute atomic E-state index is 0.0564. The minimum Gasteiger partial charge on any atom is -0.381 e. The van der Waals surface area contributed by atoms with E-state index in [9.17, 15) is 0 Å². The highest BCUT2D eigenvalue weighted by molar-refractivity contribution is 5.36. The van der Waals surface area contributed by atoms with Gasteiger partial charge in [-0.05, 0) is 44.7 Å². The average Bonchev–Trinajstić information content (AvgIpc) is 3.05. The summed E-state index contributed by atoms with van der Waals surface area (Å²) in [5.74, 6) is 1.44. The summed E-state index contributed by atoms with van der Waals surface area (Å²) in [6, 6.07) is 0. The zero-order chi connectivity index (χ0) is 17.1. The van der Waals surface area contributed by atoms with Crippen LogP contribution in [-0.4, -0.2) is 60.9 Å². The molecule has 6 heteroatoms. The molecular weight excluding hydrogens is 316 g/mol. The van der Waals surface area contributed by atoms with Crippen molar-refractivity contribution in [3.63, 3.8) is 0 Å². The molecule has 1 spiro atoms. The number of hydrogen-bond donors (Lipinski definition) is 1. The molecule has 4 heterocycles. The summed E-state index contributed by atoms with van der Waals surface area (Å²) in [6.45, 7) is 9.75. The quantitative estimate of drug-likeness (QED) is 0.882. The number of nitrogens with one attached hydrogen (secondary N) is 1. The second-order valence-corrected chi connectivity index (χ2v) is 7.80. The second kappa shape index (κ2) is 7.56. The summed E-state index contributed by atoms with van der Waals surface area (Å²) < 4.78 is 11.4. The van der Waals surface area contributed by atoms with Crippen molar-refractivity contribution in [2.45, 2.75) is 44.6 Å². The van der Waals surface area contributed by atoms with Crippen LogP contribution >= 0.6 is 0 Å². The molecule has 138 valence electrons. The fourth-order valence-electron chi connectivity index (χ4n) is 4.44. The van der Waals surface area contributed by atoms with Crippen molar-refractivity contribution in [2.24, 2.45) is 5.92 Å². The number of anilines is 1. The Balaban J connectivity index is 1.48. The summed E-state index contributed by atoms with van der Waals surface area (Å²) in [4.78, 5) is 12.1. The summed E-state index contributed by atoms with van der Waals surface area (Å²) in [7, 11) is 0. The molecule has 1 aromatic heterocycles. The van der Waals surface area contributed by atoms with Crippen LogP contribution in [0.5, 0.6) is 0 Å². The lowest BCUT2D eigenvalue weighted by Gasteiger charge is -2.34. The van der Waals surface area contributed by atoms with Gasteiger partial charge in [0, 0.05) is 38.1 Å². The first kappa shape index (κ1) is 17.2. The van der Waals surface area contributed by atoms with Crippen LogP contribution in [0.2, 0.25) is 0 Å². The van der Waals surface area contributed by atoms with Gasteiger partial charge in [-0.15, -0.1) is 0 Å². The van der Waals surface area contributed by atoms with E-state index in [0.717, 1.165) is 71.2 Å². The van der Waals surface area contributed by atoms with E-state index < -0.39 is 0 Å². The molecule has 0 amide bonds. The molecule has 0 saturated carbocycles. The third kappa shape index (κ3) is 3.66. The SMILES string of the molecule is CCCN1CCC2(COCc3cnc(NCC4CCOCC4)nc32)C1. The smallest absolute Gasteiger partial charge is 0.222 e. The van der Waals surface area contributed by atoms with Crippen molar-refractivity contribution >= 4 is 5.95 Å². The van der Waals surface area contributed by atoms with Crippen LogP contribution in [0, 0.1) is 5.92 Å². The van der Waals surface area contributed by atoms with Gasteiger partial charge in [0.1, 0.15) is 0 Å². The Bertz CT molecular complexity index is 591. The van der Waals surface area contributed by atoms with Gasteiger partial charge in [-0.3, -0.25) is 0 Å². The Hall–Kier alpha value is -1.24. The molecule has 3 aliphatic rings. The topological polar surface area (TPSA) is 59.5 Å². The summed E-state index contributed by atoms with van der Waals surface area (Å²) >= 11 is 0. The molecule has 3 aliphatic heterocycles. The molecule has 0 bridgehead atoms. The Morgan fingerprint density at radius 1 is 1.32 bits per heavy atom. The normalized spacial score (nSPS) is 27.6. The first-order valence-electron chi connectivity index (χ1n) is 9.77. The zero-order valence-electron chi connectivity index (χ0n) is 15.3. The van der Waals surface area contributed by atoms with E-state index in [1.807, 2.05) is 6.20 Å². The number of ether oxygens (including phenoxy) is 2. The number of aromatic nitrogens is 2. The fraction of sp³-hybridized carbons (Fsp3) is 0.789. The third-order valence-electron chi connectivity index (χ3n) is 5.87. The van der Waals surface area contributed by atoms with Crippen LogP contribution in [0.3, 0.4) is 0 Å². The first-order valence-corrected chi connectivity index (χ1v) is 9.77. The minimum atomic E-state index is 0.0564. The Kier molecular flexibility index (Phi) is 5.20. The van der Waals surface area contributed by atoms with E-state index in [1.54, 1.807) is 0 Å². The van der Waals surface area contributed by atoms with Gasteiger partial charge in [-0.25, -0.2) is 9.97 Å². The van der Waals surface area contributed by atoms with Crippen molar-refractivity contribution < 1.29 is 9.47 Å². The highest BCUT2D eigenvalue weighted by atomic mass is 16.5. The predicted octanol–water partition coefficient (Wildman–Crippen LogP) is 2.20. The number of hydrogen-bond acceptors (Lipinski definition) is 6. The molecule has 1 aromatic rings. The molecule has 2 saturated heterocycles. The Morgan fingerprint density at radius 3 is 3.04 bits per heavy atom. The second-order valence-electron chi connectivity index (χ2n) is 7.80. The number of nitrogens with zero attached hydrogens (tertiary/aromatic N) is 3. The van der Waals surface area contributed by atoms with Crippen molar-refractivity contribution in [2.75, 3.05) is 51.3 Å². The summed E-state index contributed by atoms with van der Waals surface area (Å²) in [6.07, 6.45) is 6.56. The maximum atomic E-state index is 5.91. The molecule has 6 nitrogen and oxygen atoms in total. The lowest BCUT2D eigenvalue weighted by Crippen LogP contribution is -2.40. The lowest BCUT2D eigenvalue weighted by molar-refractivity contribution is 0.0506. The Labute approximate surface area is 150 Å². The molecule has 4 rings (SSSR count). The van der Waals surface area contributed by atoms with Crippen LogP contribution in [0.25, 0.3) is 0 Å². The molecule has 25 heavy (non-hydrogen) atoms. The maximum absolute atomic E-state index is 5.91. The van der Waals surface area contributed by atoms with Crippen LogP contribution in [0.1, 0.15) is 43.9 Å². The molecule has 1 unspecified atom stereocenters. The van der Waals surface area contributed by atoms with E-state index in [4.69, 9.17) is 14.5 Å². The van der Waals surface area contributed by atoms with Crippen molar-refractivity contribution in [1.82, 2.24) is 14.9 Å². The standard InChI is InChI=1S/C19H30N4O2/c1-2-6-23-7-5-19(13-23)14-25-12-16-11-21-18(22-17(16)19)20-10-15-3-8-24-9-4-15/h11,15H,2-10,12-14H2,1H3,(H,20,21,22). The lowest BCUT2D eigenvalue weighted by atomic mass is 9.80. The Morgan fingerprint density at radius 2 is 2.20 bits per heavy atom. The molecule has 2 fully saturated rings. The maximum Gasteiger partial charge on any atom is 0.222 e. The van der Waals surface area contributed by atoms with Crippen LogP contribution < -0.4 is 5.32 Å². The fourth-order valence-corrected chi connectivity index (χ4v) is 4.44. The van der Waals surface area contributed by atoms with Crippen molar-refractivity contribution in [3.05, 3.63) is 17.5 Å². The largest absolute Gasteiger partial charge is 0.381 e. The highest BCUT2D eigenvalue weighted by Crippen LogP contribution is 2.39. The van der Waals surface area contributed by atoms with E-state index >= 15 is 0 Å². The highest BCUT2D eigenvalue weighted by Gasteiger charge is 2.44. The molecule has 1 N–H and O–H groups in total. The molecular formula is C19H30N4O2. The molecule has 0 radical (unpaired) electrons. The van der Waals surface area contributed by atoms with Gasteiger partial charge in [0.15, 0.2) is 0 Å². The van der Waals surface area contributed by atoms with Crippen LogP contribution in [0.4, 0.5) is 5.95 Å². The van der Waals surface area contributed by atoms with E-state index in [2.05, 4.69) is 22.1 Å². The van der Waals surface area contributed by atoms with Gasteiger partial charge in [0.05, 0.1) is 24.3 Å². The summed E-state index contributed by atoms with van der Waals surface area (Å²) in [5.41, 5.74) is 2.45. The van der Waals surface area contributed by atoms with E-state index in [0.29, 0.717) is 12.5 Å². The van der Waals surface area contributed by atoms with Gasteiger partial charge < -0.3 is 19.7 Å². The van der Waals surface area contributed by atoms with Crippen molar-refractivity contribution in [1.29, 1.82) is 0 Å². The van der Waals surface area contributed by atoms with E-state index in [-0.39, 0.29) is 5.41 Å². The van der Waals surface area contributed by atoms with Gasteiger partial charge in [0.2, 0.25) is 5.95 Å². The third-order valence-corrected chi connectivity index (χ3v) is 5.87. The summed E-state index contributed by atoms with van der Waals surface area (Å²) in [5, 5.41) is 3.48. The molecule has 0 aromatic carbocycles. The molecule has 1 atom stereocenters. The predicted molar refractivity (Wildman–Crippen MR) is 96.7 cm³/mol. The van der Waals surface area contributed by atoms with E-state index in [1.165, 1.54) is 17.7 Å². The first-order chi connectivity index (χ1) is 12.3. The van der Waals surface area contributed by atoms with Gasteiger partial charge >= 0.3 is 0 Å². The van der Waals surface area contributed by atoms with Crippen molar-refractivity contribution in [3.8, 4) is 0 Å². The number of fused-ring (bicyclic) bond motifs is 2. The average molecular weight is 346 g/mol. The van der Waals surface area contributed by atoms with Gasteiger partial charge in [-0.1, -0.05) is 6.92 Å². The van der Waals surface area contributed by atoms with Gasteiger partial charge in [0.25, 0.3) is 0 Å². The number of rotatable bonds is 5. The van der Waals surface area contributed by atoms with Gasteiger partial charge in [-0.2, -0.15) is 0 Å². The monoisotopic (exact) mass is 346 g/mol. The molecule has 0 aliphatic carbocycles. The van der Waals surface area contributed by atoms with Crippen LogP contribution in [-0.2, 0) is 21.5 Å². The number of likely N-dealkylation sites (tertiary alicyclic amines) is 1. The zero-order valence-corrected chi connectivity index (χ0v) is 15.3.